The van der Waals surface area contributed by atoms with Gasteiger partial charge in [-0.1, -0.05) is 34.6 Å². The van der Waals surface area contributed by atoms with Crippen LogP contribution in [0, 0.1) is 5.41 Å². The second kappa shape index (κ2) is 5.51. The second-order valence-corrected chi connectivity index (χ2v) is 7.81. The van der Waals surface area contributed by atoms with Crippen molar-refractivity contribution in [3.63, 3.8) is 0 Å². The van der Waals surface area contributed by atoms with Gasteiger partial charge in [-0.2, -0.15) is 0 Å². The van der Waals surface area contributed by atoms with E-state index >= 15 is 0 Å². The fourth-order valence-corrected chi connectivity index (χ4v) is 3.18. The monoisotopic (exact) mass is 218 g/mol. The highest BCUT2D eigenvalue weighted by atomic mass is 28.3. The number of hydrogen-bond donors (Lipinski definition) is 1. The van der Waals surface area contributed by atoms with E-state index in [0.717, 1.165) is 12.1 Å². The Kier molecular flexibility index (Phi) is 5.37. The van der Waals surface area contributed by atoms with Crippen molar-refractivity contribution in [2.24, 2.45) is 5.41 Å². The van der Waals surface area contributed by atoms with Crippen LogP contribution in [-0.2, 0) is 9.22 Å². The molecule has 0 saturated carbocycles. The van der Waals surface area contributed by atoms with Crippen LogP contribution in [-0.4, -0.2) is 26.2 Å². The predicted molar refractivity (Wildman–Crippen MR) is 60.1 cm³/mol. The largest absolute Gasteiger partial charge is 0.479 e. The zero-order valence-electron chi connectivity index (χ0n) is 9.83. The minimum atomic E-state index is -1.29. The second-order valence-electron chi connectivity index (χ2n) is 4.66. The predicted octanol–water partition coefficient (Wildman–Crippen LogP) is 2.27. The summed E-state index contributed by atoms with van der Waals surface area (Å²) in [6.45, 7) is 9.86. The van der Waals surface area contributed by atoms with E-state index in [-0.39, 0.29) is 5.41 Å². The van der Waals surface area contributed by atoms with Crippen molar-refractivity contribution in [3.8, 4) is 0 Å². The van der Waals surface area contributed by atoms with Crippen LogP contribution >= 0.6 is 0 Å². The highest BCUT2D eigenvalue weighted by Gasteiger charge is 2.33. The van der Waals surface area contributed by atoms with Gasteiger partial charge in [0.05, 0.1) is 0 Å². The van der Waals surface area contributed by atoms with E-state index in [4.69, 9.17) is 9.53 Å². The molecule has 0 fully saturated rings. The fraction of sp³-hybridized carbons (Fsp3) is 0.900. The van der Waals surface area contributed by atoms with E-state index in [1.807, 2.05) is 20.8 Å². The van der Waals surface area contributed by atoms with Gasteiger partial charge in [-0.3, -0.25) is 0 Å². The Morgan fingerprint density at radius 3 is 2.00 bits per heavy atom. The Bertz CT molecular complexity index is 182. The van der Waals surface area contributed by atoms with Gasteiger partial charge in [0.15, 0.2) is 9.04 Å². The summed E-state index contributed by atoms with van der Waals surface area (Å²) < 4.78 is 5.71. The first kappa shape index (κ1) is 13.6. The average Bonchev–Trinajstić information content (AvgIpc) is 2.03. The molecule has 0 aromatic heterocycles. The summed E-state index contributed by atoms with van der Waals surface area (Å²) >= 11 is 0. The van der Waals surface area contributed by atoms with Crippen molar-refractivity contribution in [3.05, 3.63) is 0 Å². The summed E-state index contributed by atoms with van der Waals surface area (Å²) in [6.07, 6.45) is -0.654. The molecule has 0 radical (unpaired) electrons. The van der Waals surface area contributed by atoms with Crippen LogP contribution in [0.15, 0.2) is 0 Å². The van der Waals surface area contributed by atoms with Crippen molar-refractivity contribution in [2.45, 2.75) is 52.8 Å². The number of carbonyl (C=O) groups is 1. The first-order valence-corrected chi connectivity index (χ1v) is 7.31. The van der Waals surface area contributed by atoms with Crippen molar-refractivity contribution >= 4 is 15.0 Å². The molecule has 0 aromatic carbocycles. The lowest BCUT2D eigenvalue weighted by Gasteiger charge is -2.30. The van der Waals surface area contributed by atoms with Crippen LogP contribution in [0.4, 0.5) is 0 Å². The minimum absolute atomic E-state index is 0.318. The number of aliphatic carboxylic acids is 1. The molecule has 1 atom stereocenters. The van der Waals surface area contributed by atoms with Crippen molar-refractivity contribution in [2.75, 3.05) is 0 Å². The molecule has 0 saturated heterocycles. The average molecular weight is 218 g/mol. The summed E-state index contributed by atoms with van der Waals surface area (Å²) in [4.78, 5) is 11.0. The van der Waals surface area contributed by atoms with Crippen LogP contribution < -0.4 is 0 Å². The molecule has 0 aliphatic carbocycles. The van der Waals surface area contributed by atoms with Crippen molar-refractivity contribution in [1.82, 2.24) is 0 Å². The Labute approximate surface area is 88.2 Å². The first-order valence-electron chi connectivity index (χ1n) is 5.21. The quantitative estimate of drug-likeness (QED) is 0.720. The molecule has 0 rings (SSSR count). The highest BCUT2D eigenvalue weighted by Crippen LogP contribution is 2.24. The smallest absolute Gasteiger partial charge is 0.332 e. The van der Waals surface area contributed by atoms with Gasteiger partial charge in [0, 0.05) is 0 Å². The number of carboxylic acids is 1. The van der Waals surface area contributed by atoms with Gasteiger partial charge in [0.1, 0.15) is 6.10 Å². The van der Waals surface area contributed by atoms with Crippen LogP contribution in [0.5, 0.6) is 0 Å². The summed E-state index contributed by atoms with van der Waals surface area (Å²) in [6, 6.07) is 1.99. The summed E-state index contributed by atoms with van der Waals surface area (Å²) in [7, 11) is -1.29. The molecular weight excluding hydrogens is 196 g/mol. The van der Waals surface area contributed by atoms with Gasteiger partial charge in [0.25, 0.3) is 0 Å². The van der Waals surface area contributed by atoms with Gasteiger partial charge >= 0.3 is 5.97 Å². The summed E-state index contributed by atoms with van der Waals surface area (Å²) in [5, 5.41) is 9.05. The highest BCUT2D eigenvalue weighted by molar-refractivity contribution is 6.51. The molecule has 84 valence electrons. The standard InChI is InChI=1S/C10H22O3Si/c1-6-14(7-2)13-8(9(11)12)10(3,4)5/h8,14H,6-7H2,1-5H3,(H,11,12). The molecular formula is C10H22O3Si. The Hall–Kier alpha value is -0.353. The Morgan fingerprint density at radius 1 is 1.36 bits per heavy atom. The Balaban J connectivity index is 4.45. The topological polar surface area (TPSA) is 46.5 Å². The van der Waals surface area contributed by atoms with E-state index < -0.39 is 21.1 Å². The number of hydrogen-bond acceptors (Lipinski definition) is 2. The molecule has 1 N–H and O–H groups in total. The zero-order chi connectivity index (χ0) is 11.4. The van der Waals surface area contributed by atoms with E-state index in [9.17, 15) is 4.79 Å². The molecule has 3 nitrogen and oxygen atoms in total. The van der Waals surface area contributed by atoms with E-state index in [1.165, 1.54) is 0 Å². The molecule has 0 spiro atoms. The summed E-state index contributed by atoms with van der Waals surface area (Å²) in [5.41, 5.74) is -0.318. The van der Waals surface area contributed by atoms with Crippen molar-refractivity contribution in [1.29, 1.82) is 0 Å². The molecule has 4 heteroatoms. The van der Waals surface area contributed by atoms with Crippen LogP contribution in [0.1, 0.15) is 34.6 Å². The molecule has 0 bridgehead atoms. The van der Waals surface area contributed by atoms with Crippen LogP contribution in [0.25, 0.3) is 0 Å². The van der Waals surface area contributed by atoms with Gasteiger partial charge in [-0.15, -0.1) is 0 Å². The van der Waals surface area contributed by atoms with E-state index in [1.54, 1.807) is 0 Å². The normalized spacial score (nSPS) is 14.4. The van der Waals surface area contributed by atoms with Crippen LogP contribution in [0.2, 0.25) is 12.1 Å². The molecule has 0 aliphatic rings. The maximum atomic E-state index is 11.0. The number of carboxylic acid groups (broad SMARTS) is 1. The van der Waals surface area contributed by atoms with Gasteiger partial charge in [0.2, 0.25) is 0 Å². The third kappa shape index (κ3) is 4.24. The third-order valence-corrected chi connectivity index (χ3v) is 4.73. The Morgan fingerprint density at radius 2 is 1.79 bits per heavy atom. The van der Waals surface area contributed by atoms with Gasteiger partial charge in [-0.05, 0) is 17.5 Å². The fourth-order valence-electron chi connectivity index (χ4n) is 1.31. The molecule has 0 aromatic rings. The maximum Gasteiger partial charge on any atom is 0.332 e. The minimum Gasteiger partial charge on any atom is -0.479 e. The lowest BCUT2D eigenvalue weighted by Crippen LogP contribution is -2.40. The molecule has 0 amide bonds. The SMILES string of the molecule is CC[SiH](CC)OC(C(=O)O)C(C)(C)C. The lowest BCUT2D eigenvalue weighted by atomic mass is 9.89. The van der Waals surface area contributed by atoms with Crippen LogP contribution in [0.3, 0.4) is 0 Å². The summed E-state index contributed by atoms with van der Waals surface area (Å²) in [5.74, 6) is -0.836. The lowest BCUT2D eigenvalue weighted by molar-refractivity contribution is -0.150. The molecule has 14 heavy (non-hydrogen) atoms. The zero-order valence-corrected chi connectivity index (χ0v) is 11.0. The maximum absolute atomic E-state index is 11.0. The van der Waals surface area contributed by atoms with Gasteiger partial charge in [-0.25, -0.2) is 4.79 Å². The number of rotatable bonds is 5. The molecule has 1 unspecified atom stereocenters. The van der Waals surface area contributed by atoms with E-state index in [0.29, 0.717) is 0 Å². The van der Waals surface area contributed by atoms with E-state index in [2.05, 4.69) is 13.8 Å². The first-order chi connectivity index (χ1) is 6.32. The molecule has 0 heterocycles. The van der Waals surface area contributed by atoms with Gasteiger partial charge < -0.3 is 9.53 Å². The third-order valence-electron chi connectivity index (χ3n) is 2.25. The van der Waals surface area contributed by atoms with Crippen molar-refractivity contribution < 1.29 is 14.3 Å². The molecule has 0 aliphatic heterocycles.